The van der Waals surface area contributed by atoms with Gasteiger partial charge in [-0.3, -0.25) is 4.79 Å². The predicted molar refractivity (Wildman–Crippen MR) is 91.4 cm³/mol. The van der Waals surface area contributed by atoms with Gasteiger partial charge < -0.3 is 10.5 Å². The predicted octanol–water partition coefficient (Wildman–Crippen LogP) is 0.106. The van der Waals surface area contributed by atoms with Crippen molar-refractivity contribution in [2.75, 3.05) is 7.11 Å². The Balaban J connectivity index is 2.05. The van der Waals surface area contributed by atoms with Crippen LogP contribution in [0.5, 0.6) is 0 Å². The smallest absolute Gasteiger partial charge is 0.316 e. The quantitative estimate of drug-likeness (QED) is 0.404. The molecule has 0 amide bonds. The van der Waals surface area contributed by atoms with Gasteiger partial charge in [0.15, 0.2) is 5.00 Å². The number of nitrogens with one attached hydrogen (secondary N) is 1. The Kier molecular flexibility index (Phi) is 4.65. The molecule has 0 aliphatic heterocycles. The van der Waals surface area contributed by atoms with Crippen LogP contribution in [0.1, 0.15) is 0 Å². The number of halogens is 2. The van der Waals surface area contributed by atoms with E-state index in [1.165, 1.54) is 29.1 Å². The minimum Gasteiger partial charge on any atom is -0.468 e. The van der Waals surface area contributed by atoms with Crippen LogP contribution in [0.3, 0.4) is 0 Å². The van der Waals surface area contributed by atoms with Crippen LogP contribution < -0.4 is 10.5 Å². The highest BCUT2D eigenvalue weighted by atomic mass is 35.5. The SMILES string of the molecule is COC(=O)C1C=CC(Cl)=C(N)C1(Cl)NS(=O)(=O)c1nc2ncccn2n1. The normalized spacial score (nSPS) is 23.4. The lowest BCUT2D eigenvalue weighted by Gasteiger charge is -2.35. The summed E-state index contributed by atoms with van der Waals surface area (Å²) in [7, 11) is -3.26. The summed E-state index contributed by atoms with van der Waals surface area (Å²) in [5.74, 6) is -2.01. The fourth-order valence-corrected chi connectivity index (χ4v) is 4.25. The highest BCUT2D eigenvalue weighted by Gasteiger charge is 2.49. The molecule has 1 aliphatic carbocycles. The first-order valence-corrected chi connectivity index (χ1v) is 9.25. The average Bonchev–Trinajstić information content (AvgIpc) is 3.04. The van der Waals surface area contributed by atoms with Crippen LogP contribution in [0.15, 0.2) is 46.5 Å². The number of esters is 1. The highest BCUT2D eigenvalue weighted by molar-refractivity contribution is 7.89. The second-order valence-corrected chi connectivity index (χ2v) is 7.78. The van der Waals surface area contributed by atoms with E-state index in [1.54, 1.807) is 6.07 Å². The molecule has 2 aromatic rings. The number of carbonyl (C=O) groups excluding carboxylic acids is 1. The zero-order valence-electron chi connectivity index (χ0n) is 13.1. The third kappa shape index (κ3) is 3.03. The number of fused-ring (bicyclic) bond motifs is 1. The second kappa shape index (κ2) is 6.50. The summed E-state index contributed by atoms with van der Waals surface area (Å²) in [4.78, 5) is 17.7. The molecule has 0 saturated carbocycles. The number of hydrogen-bond acceptors (Lipinski definition) is 8. The lowest BCUT2D eigenvalue weighted by Crippen LogP contribution is -2.56. The molecule has 3 N–H and O–H groups in total. The van der Waals surface area contributed by atoms with Crippen LogP contribution in [-0.2, 0) is 19.6 Å². The Morgan fingerprint density at radius 2 is 2.23 bits per heavy atom. The number of nitrogens with zero attached hydrogens (tertiary/aromatic N) is 4. The highest BCUT2D eigenvalue weighted by Crippen LogP contribution is 2.38. The maximum absolute atomic E-state index is 12.7. The minimum absolute atomic E-state index is 0.0209. The van der Waals surface area contributed by atoms with Crippen molar-refractivity contribution in [3.8, 4) is 0 Å². The lowest BCUT2D eigenvalue weighted by atomic mass is 9.92. The number of ether oxygens (including phenoxy) is 1. The van der Waals surface area contributed by atoms with E-state index in [2.05, 4.69) is 24.5 Å². The molecule has 13 heteroatoms. The van der Waals surface area contributed by atoms with Crippen LogP contribution in [0.25, 0.3) is 5.78 Å². The first kappa shape index (κ1) is 18.6. The Morgan fingerprint density at radius 1 is 1.50 bits per heavy atom. The molecule has 0 fully saturated rings. The molecule has 138 valence electrons. The molecule has 0 radical (unpaired) electrons. The van der Waals surface area contributed by atoms with Gasteiger partial charge in [0.25, 0.3) is 21.0 Å². The third-order valence-electron chi connectivity index (χ3n) is 3.59. The number of sulfonamides is 1. The Hall–Kier alpha value is -2.21. The summed E-state index contributed by atoms with van der Waals surface area (Å²) in [6.45, 7) is 0. The van der Waals surface area contributed by atoms with E-state index in [1.807, 2.05) is 0 Å². The molecular formula is C13H12Cl2N6O4S. The fourth-order valence-electron chi connectivity index (χ4n) is 2.30. The van der Waals surface area contributed by atoms with Gasteiger partial charge in [-0.2, -0.15) is 9.71 Å². The first-order chi connectivity index (χ1) is 12.2. The zero-order valence-corrected chi connectivity index (χ0v) is 15.5. The van der Waals surface area contributed by atoms with Gasteiger partial charge in [-0.1, -0.05) is 29.3 Å². The number of nitrogens with two attached hydrogens (primary N) is 1. The molecule has 0 aromatic carbocycles. The van der Waals surface area contributed by atoms with Crippen molar-refractivity contribution < 1.29 is 17.9 Å². The van der Waals surface area contributed by atoms with E-state index in [-0.39, 0.29) is 16.5 Å². The molecule has 3 rings (SSSR count). The fraction of sp³-hybridized carbons (Fsp3) is 0.231. The third-order valence-corrected chi connectivity index (χ3v) is 5.81. The van der Waals surface area contributed by atoms with E-state index in [0.29, 0.717) is 0 Å². The molecule has 0 saturated heterocycles. The summed E-state index contributed by atoms with van der Waals surface area (Å²) in [6.07, 6.45) is 5.52. The molecule has 10 nitrogen and oxygen atoms in total. The molecule has 0 bridgehead atoms. The second-order valence-electron chi connectivity index (χ2n) is 5.20. The van der Waals surface area contributed by atoms with Crippen LogP contribution in [0.2, 0.25) is 0 Å². The van der Waals surface area contributed by atoms with Crippen LogP contribution in [-0.4, -0.2) is 46.1 Å². The van der Waals surface area contributed by atoms with E-state index in [0.717, 1.165) is 7.11 Å². The van der Waals surface area contributed by atoms with Crippen molar-refractivity contribution >= 4 is 45.0 Å². The largest absolute Gasteiger partial charge is 0.468 e. The molecule has 26 heavy (non-hydrogen) atoms. The van der Waals surface area contributed by atoms with E-state index >= 15 is 0 Å². The van der Waals surface area contributed by atoms with Gasteiger partial charge in [-0.05, 0) is 12.1 Å². The number of rotatable bonds is 4. The number of aromatic nitrogens is 4. The van der Waals surface area contributed by atoms with Crippen LogP contribution >= 0.6 is 23.2 Å². The van der Waals surface area contributed by atoms with Gasteiger partial charge in [-0.15, -0.1) is 5.10 Å². The van der Waals surface area contributed by atoms with Crippen molar-refractivity contribution in [3.05, 3.63) is 41.3 Å². The first-order valence-electron chi connectivity index (χ1n) is 7.01. The molecule has 2 atom stereocenters. The Labute approximate surface area is 157 Å². The maximum atomic E-state index is 12.7. The van der Waals surface area contributed by atoms with Crippen molar-refractivity contribution in [3.63, 3.8) is 0 Å². The van der Waals surface area contributed by atoms with Crippen molar-refractivity contribution in [1.82, 2.24) is 24.3 Å². The van der Waals surface area contributed by atoms with Gasteiger partial charge in [0.1, 0.15) is 5.92 Å². The summed E-state index contributed by atoms with van der Waals surface area (Å²) in [5, 5.41) is 3.21. The number of allylic oxidation sites excluding steroid dienone is 2. The minimum atomic E-state index is -4.39. The summed E-state index contributed by atoms with van der Waals surface area (Å²) < 4.78 is 33.4. The van der Waals surface area contributed by atoms with Gasteiger partial charge in [-0.25, -0.2) is 17.9 Å². The average molecular weight is 419 g/mol. The van der Waals surface area contributed by atoms with Crippen LogP contribution in [0.4, 0.5) is 0 Å². The number of carbonyl (C=O) groups is 1. The topological polar surface area (TPSA) is 142 Å². The molecule has 2 heterocycles. The molecule has 1 aliphatic rings. The summed E-state index contributed by atoms with van der Waals surface area (Å²) in [6, 6.07) is 1.55. The monoisotopic (exact) mass is 418 g/mol. The molecular weight excluding hydrogens is 407 g/mol. The maximum Gasteiger partial charge on any atom is 0.316 e. The van der Waals surface area contributed by atoms with Gasteiger partial charge >= 0.3 is 5.97 Å². The van der Waals surface area contributed by atoms with Gasteiger partial charge in [0.05, 0.1) is 17.8 Å². The molecule has 2 aromatic heterocycles. The summed E-state index contributed by atoms with van der Waals surface area (Å²) in [5.41, 5.74) is 5.61. The van der Waals surface area contributed by atoms with Crippen LogP contribution in [0, 0.1) is 5.92 Å². The zero-order chi connectivity index (χ0) is 19.1. The van der Waals surface area contributed by atoms with E-state index in [4.69, 9.17) is 28.9 Å². The van der Waals surface area contributed by atoms with Gasteiger partial charge in [0, 0.05) is 12.4 Å². The van der Waals surface area contributed by atoms with E-state index in [9.17, 15) is 13.2 Å². The van der Waals surface area contributed by atoms with Crippen molar-refractivity contribution in [2.24, 2.45) is 11.7 Å². The van der Waals surface area contributed by atoms with Crippen molar-refractivity contribution in [2.45, 2.75) is 10.2 Å². The lowest BCUT2D eigenvalue weighted by molar-refractivity contribution is -0.144. The van der Waals surface area contributed by atoms with E-state index < -0.39 is 32.1 Å². The Bertz CT molecular complexity index is 1020. The standard InChI is InChI=1S/C13H12Cl2N6O4S/c1-25-10(22)7-3-4-8(14)9(16)13(7,15)20-26(23,24)12-18-11-17-5-2-6-21(11)19-12/h2-7,20H,16H2,1H3. The number of hydrogen-bond donors (Lipinski definition) is 2. The number of methoxy groups -OCH3 is 1. The van der Waals surface area contributed by atoms with Crippen molar-refractivity contribution in [1.29, 1.82) is 0 Å². The summed E-state index contributed by atoms with van der Waals surface area (Å²) >= 11 is 12.4. The molecule has 0 spiro atoms. The Morgan fingerprint density at radius 3 is 2.88 bits per heavy atom. The van der Waals surface area contributed by atoms with Gasteiger partial charge in [0.2, 0.25) is 0 Å². The number of alkyl halides is 1. The molecule has 2 unspecified atom stereocenters.